The highest BCUT2D eigenvalue weighted by atomic mass is 19.4. The van der Waals surface area contributed by atoms with Crippen molar-refractivity contribution >= 4 is 5.95 Å². The second kappa shape index (κ2) is 4.48. The predicted octanol–water partition coefficient (Wildman–Crippen LogP) is 2.03. The van der Waals surface area contributed by atoms with Crippen molar-refractivity contribution in [1.29, 1.82) is 0 Å². The highest BCUT2D eigenvalue weighted by Gasteiger charge is 2.33. The Labute approximate surface area is 97.4 Å². The van der Waals surface area contributed by atoms with Crippen LogP contribution in [0.3, 0.4) is 0 Å². The minimum atomic E-state index is -4.47. The van der Waals surface area contributed by atoms with Gasteiger partial charge in [-0.25, -0.2) is 9.97 Å². The Morgan fingerprint density at radius 3 is 2.41 bits per heavy atom. The van der Waals surface area contributed by atoms with Crippen LogP contribution in [-0.4, -0.2) is 21.5 Å². The van der Waals surface area contributed by atoms with Gasteiger partial charge in [0.15, 0.2) is 0 Å². The van der Waals surface area contributed by atoms with Gasteiger partial charge in [0.2, 0.25) is 5.95 Å². The van der Waals surface area contributed by atoms with E-state index in [0.29, 0.717) is 0 Å². The van der Waals surface area contributed by atoms with E-state index in [9.17, 15) is 13.2 Å². The molecular formula is C10H15F3N4. The zero-order valence-electron chi connectivity index (χ0n) is 9.84. The summed E-state index contributed by atoms with van der Waals surface area (Å²) in [6.45, 7) is 5.28. The van der Waals surface area contributed by atoms with E-state index in [0.717, 1.165) is 12.3 Å². The van der Waals surface area contributed by atoms with Gasteiger partial charge in [-0.1, -0.05) is 0 Å². The van der Waals surface area contributed by atoms with Crippen LogP contribution in [0.2, 0.25) is 0 Å². The Morgan fingerprint density at radius 2 is 1.94 bits per heavy atom. The fraction of sp³-hybridized carbons (Fsp3) is 0.600. The third-order valence-electron chi connectivity index (χ3n) is 2.52. The van der Waals surface area contributed by atoms with Gasteiger partial charge in [0, 0.05) is 17.8 Å². The van der Waals surface area contributed by atoms with E-state index >= 15 is 0 Å². The lowest BCUT2D eigenvalue weighted by molar-refractivity contribution is -0.141. The van der Waals surface area contributed by atoms with Gasteiger partial charge in [0.25, 0.3) is 0 Å². The van der Waals surface area contributed by atoms with E-state index in [-0.39, 0.29) is 12.0 Å². The normalized spacial score (nSPS) is 14.5. The number of nitrogens with one attached hydrogen (secondary N) is 1. The van der Waals surface area contributed by atoms with Gasteiger partial charge in [0.05, 0.1) is 0 Å². The SMILES string of the molecule is CC(N)C(C)(C)Nc1nccc(C(F)(F)F)n1. The van der Waals surface area contributed by atoms with Crippen LogP contribution in [0.4, 0.5) is 19.1 Å². The van der Waals surface area contributed by atoms with Gasteiger partial charge in [-0.15, -0.1) is 0 Å². The van der Waals surface area contributed by atoms with Gasteiger partial charge in [0.1, 0.15) is 5.69 Å². The summed E-state index contributed by atoms with van der Waals surface area (Å²) in [5.74, 6) is -0.0814. The quantitative estimate of drug-likeness (QED) is 0.859. The first-order valence-electron chi connectivity index (χ1n) is 5.07. The molecule has 0 fully saturated rings. The molecule has 17 heavy (non-hydrogen) atoms. The molecule has 96 valence electrons. The van der Waals surface area contributed by atoms with Crippen LogP contribution in [0.15, 0.2) is 12.3 Å². The van der Waals surface area contributed by atoms with Gasteiger partial charge in [-0.3, -0.25) is 0 Å². The van der Waals surface area contributed by atoms with Crippen LogP contribution in [0.5, 0.6) is 0 Å². The molecule has 0 bridgehead atoms. The summed E-state index contributed by atoms with van der Waals surface area (Å²) in [6, 6.07) is 0.560. The van der Waals surface area contributed by atoms with Crippen LogP contribution >= 0.6 is 0 Å². The Kier molecular flexibility index (Phi) is 3.61. The molecule has 0 radical (unpaired) electrons. The minimum absolute atomic E-state index is 0.0814. The molecule has 1 unspecified atom stereocenters. The maximum absolute atomic E-state index is 12.4. The molecule has 7 heteroatoms. The summed E-state index contributed by atoms with van der Waals surface area (Å²) in [5, 5.41) is 2.78. The average Bonchev–Trinajstić information content (AvgIpc) is 2.15. The molecule has 0 aliphatic carbocycles. The van der Waals surface area contributed by atoms with E-state index in [2.05, 4.69) is 15.3 Å². The molecular weight excluding hydrogens is 233 g/mol. The monoisotopic (exact) mass is 248 g/mol. The molecule has 0 saturated heterocycles. The molecule has 4 nitrogen and oxygen atoms in total. The topological polar surface area (TPSA) is 63.8 Å². The minimum Gasteiger partial charge on any atom is -0.348 e. The van der Waals surface area contributed by atoms with Gasteiger partial charge in [-0.05, 0) is 26.8 Å². The molecule has 0 aromatic carbocycles. The zero-order valence-corrected chi connectivity index (χ0v) is 9.84. The van der Waals surface area contributed by atoms with Gasteiger partial charge in [-0.2, -0.15) is 13.2 Å². The summed E-state index contributed by atoms with van der Waals surface area (Å²) in [5.41, 5.74) is 4.13. The second-order valence-corrected chi connectivity index (χ2v) is 4.40. The number of hydrogen-bond acceptors (Lipinski definition) is 4. The summed E-state index contributed by atoms with van der Waals surface area (Å²) in [6.07, 6.45) is -3.41. The molecule has 1 aromatic heterocycles. The Balaban J connectivity index is 2.94. The molecule has 3 N–H and O–H groups in total. The standard InChI is InChI=1S/C10H15F3N4/c1-6(14)9(2,3)17-8-15-5-4-7(16-8)10(11,12)13/h4-6H,14H2,1-3H3,(H,15,16,17). The van der Waals surface area contributed by atoms with Crippen molar-refractivity contribution in [2.45, 2.75) is 38.5 Å². The van der Waals surface area contributed by atoms with E-state index in [4.69, 9.17) is 5.73 Å². The maximum atomic E-state index is 12.4. The molecule has 1 aromatic rings. The highest BCUT2D eigenvalue weighted by Crippen LogP contribution is 2.28. The van der Waals surface area contributed by atoms with Crippen molar-refractivity contribution in [1.82, 2.24) is 9.97 Å². The Hall–Kier alpha value is -1.37. The Bertz CT molecular complexity index is 387. The second-order valence-electron chi connectivity index (χ2n) is 4.40. The first kappa shape index (κ1) is 13.7. The maximum Gasteiger partial charge on any atom is 0.433 e. The summed E-state index contributed by atoms with van der Waals surface area (Å²) in [7, 11) is 0. The lowest BCUT2D eigenvalue weighted by Crippen LogP contribution is -2.47. The summed E-state index contributed by atoms with van der Waals surface area (Å²) in [4.78, 5) is 7.15. The number of alkyl halides is 3. The number of anilines is 1. The largest absolute Gasteiger partial charge is 0.433 e. The van der Waals surface area contributed by atoms with Crippen LogP contribution in [0.25, 0.3) is 0 Å². The lowest BCUT2D eigenvalue weighted by Gasteiger charge is -2.30. The van der Waals surface area contributed by atoms with Crippen LogP contribution in [0, 0.1) is 0 Å². The smallest absolute Gasteiger partial charge is 0.348 e. The molecule has 1 heterocycles. The van der Waals surface area contributed by atoms with Crippen molar-refractivity contribution in [3.8, 4) is 0 Å². The number of halogens is 3. The van der Waals surface area contributed by atoms with Crippen molar-refractivity contribution in [3.05, 3.63) is 18.0 Å². The fourth-order valence-corrected chi connectivity index (χ4v) is 0.979. The van der Waals surface area contributed by atoms with E-state index in [1.807, 2.05) is 0 Å². The van der Waals surface area contributed by atoms with Crippen LogP contribution in [0.1, 0.15) is 26.5 Å². The molecule has 0 aliphatic heterocycles. The molecule has 1 rings (SSSR count). The number of nitrogens with zero attached hydrogens (tertiary/aromatic N) is 2. The molecule has 0 spiro atoms. The van der Waals surface area contributed by atoms with E-state index in [1.54, 1.807) is 20.8 Å². The Morgan fingerprint density at radius 1 is 1.35 bits per heavy atom. The number of nitrogens with two attached hydrogens (primary N) is 1. The van der Waals surface area contributed by atoms with Crippen molar-refractivity contribution in [2.24, 2.45) is 5.73 Å². The highest BCUT2D eigenvalue weighted by molar-refractivity contribution is 5.30. The fourth-order valence-electron chi connectivity index (χ4n) is 0.979. The third-order valence-corrected chi connectivity index (χ3v) is 2.52. The zero-order chi connectivity index (χ0) is 13.3. The van der Waals surface area contributed by atoms with E-state index < -0.39 is 17.4 Å². The van der Waals surface area contributed by atoms with Gasteiger partial charge >= 0.3 is 6.18 Å². The predicted molar refractivity (Wildman–Crippen MR) is 58.4 cm³/mol. The van der Waals surface area contributed by atoms with Crippen molar-refractivity contribution in [3.63, 3.8) is 0 Å². The van der Waals surface area contributed by atoms with Crippen molar-refractivity contribution < 1.29 is 13.2 Å². The lowest BCUT2D eigenvalue weighted by atomic mass is 9.97. The van der Waals surface area contributed by atoms with Crippen molar-refractivity contribution in [2.75, 3.05) is 5.32 Å². The molecule has 0 amide bonds. The summed E-state index contributed by atoms with van der Waals surface area (Å²) < 4.78 is 37.2. The molecule has 1 atom stereocenters. The number of aromatic nitrogens is 2. The molecule has 0 saturated carbocycles. The third kappa shape index (κ3) is 3.55. The van der Waals surface area contributed by atoms with Crippen LogP contribution in [-0.2, 0) is 6.18 Å². The first-order valence-corrected chi connectivity index (χ1v) is 5.07. The number of hydrogen-bond donors (Lipinski definition) is 2. The number of rotatable bonds is 3. The van der Waals surface area contributed by atoms with Gasteiger partial charge < -0.3 is 11.1 Å². The average molecular weight is 248 g/mol. The van der Waals surface area contributed by atoms with Crippen LogP contribution < -0.4 is 11.1 Å². The summed E-state index contributed by atoms with van der Waals surface area (Å²) >= 11 is 0. The van der Waals surface area contributed by atoms with E-state index in [1.165, 1.54) is 0 Å². The first-order chi connectivity index (χ1) is 7.63. The molecule has 0 aliphatic rings.